The molecule has 0 aliphatic rings. The quantitative estimate of drug-likeness (QED) is 0.701. The van der Waals surface area contributed by atoms with Gasteiger partial charge in [-0.3, -0.25) is 0 Å². The Labute approximate surface area is 58.5 Å². The molecule has 1 atom stereocenters. The van der Waals surface area contributed by atoms with Crippen LogP contribution in [0.15, 0.2) is 11.1 Å². The maximum absolute atomic E-state index is 8.52. The lowest BCUT2D eigenvalue weighted by Gasteiger charge is -2.03. The Morgan fingerprint density at radius 1 is 1.88 bits per heavy atom. The Kier molecular flexibility index (Phi) is 4.19. The van der Waals surface area contributed by atoms with Crippen LogP contribution < -0.4 is 0 Å². The van der Waals surface area contributed by atoms with Gasteiger partial charge in [-0.25, -0.2) is 0 Å². The summed E-state index contributed by atoms with van der Waals surface area (Å²) in [6.45, 7) is 5.87. The van der Waals surface area contributed by atoms with E-state index in [1.54, 1.807) is 0 Å². The molecule has 0 aromatic heterocycles. The normalized spacial score (nSPS) is 13.4. The minimum Gasteiger partial charge on any atom is -0.396 e. The van der Waals surface area contributed by atoms with Crippen molar-refractivity contribution in [2.24, 2.45) is 5.92 Å². The fourth-order valence-corrected chi connectivity index (χ4v) is 0.995. The molecule has 0 rings (SSSR count). The first-order chi connectivity index (χ1) is 3.66. The first-order valence-corrected chi connectivity index (χ1v) is 3.40. The van der Waals surface area contributed by atoms with Crippen LogP contribution in [0.2, 0.25) is 0 Å². The third-order valence-electron chi connectivity index (χ3n) is 0.882. The van der Waals surface area contributed by atoms with Crippen molar-refractivity contribution in [2.45, 2.75) is 13.3 Å². The van der Waals surface area contributed by atoms with Crippen LogP contribution >= 0.6 is 15.9 Å². The Morgan fingerprint density at radius 2 is 2.38 bits per heavy atom. The van der Waals surface area contributed by atoms with Gasteiger partial charge in [0.15, 0.2) is 0 Å². The number of hydrogen-bond acceptors (Lipinski definition) is 1. The van der Waals surface area contributed by atoms with E-state index >= 15 is 0 Å². The standard InChI is InChI=1S/C6H11BrO/c1-5(4-8)3-6(2)7/h5,8H,2-4H2,1H3/t5-/m0/s1. The van der Waals surface area contributed by atoms with E-state index in [1.807, 2.05) is 6.92 Å². The highest BCUT2D eigenvalue weighted by Gasteiger charge is 1.98. The molecular weight excluding hydrogens is 168 g/mol. The molecule has 0 aliphatic carbocycles. The van der Waals surface area contributed by atoms with Crippen molar-refractivity contribution in [3.63, 3.8) is 0 Å². The van der Waals surface area contributed by atoms with Gasteiger partial charge in [-0.05, 0) is 16.8 Å². The summed E-state index contributed by atoms with van der Waals surface area (Å²) in [6, 6.07) is 0. The Balaban J connectivity index is 3.24. The van der Waals surface area contributed by atoms with Crippen molar-refractivity contribution in [1.29, 1.82) is 0 Å². The lowest BCUT2D eigenvalue weighted by Crippen LogP contribution is -1.98. The largest absolute Gasteiger partial charge is 0.396 e. The highest BCUT2D eigenvalue weighted by Crippen LogP contribution is 2.13. The summed E-state index contributed by atoms with van der Waals surface area (Å²) in [7, 11) is 0. The molecule has 0 amide bonds. The van der Waals surface area contributed by atoms with Crippen molar-refractivity contribution in [3.8, 4) is 0 Å². The second kappa shape index (κ2) is 4.10. The van der Waals surface area contributed by atoms with E-state index in [0.29, 0.717) is 5.92 Å². The fourth-order valence-electron chi connectivity index (χ4n) is 0.443. The van der Waals surface area contributed by atoms with Crippen LogP contribution in [0, 0.1) is 5.92 Å². The summed E-state index contributed by atoms with van der Waals surface area (Å²) in [5.74, 6) is 0.335. The SMILES string of the molecule is C=C(Br)C[C@H](C)CO. The molecule has 0 heterocycles. The zero-order valence-electron chi connectivity index (χ0n) is 5.02. The molecule has 0 saturated carbocycles. The highest BCUT2D eigenvalue weighted by molar-refractivity contribution is 9.11. The number of aliphatic hydroxyl groups is 1. The molecule has 0 aromatic carbocycles. The summed E-state index contributed by atoms with van der Waals surface area (Å²) in [5, 5.41) is 8.52. The summed E-state index contributed by atoms with van der Waals surface area (Å²) < 4.78 is 0.957. The second-order valence-electron chi connectivity index (χ2n) is 2.01. The monoisotopic (exact) mass is 178 g/mol. The smallest absolute Gasteiger partial charge is 0.0459 e. The van der Waals surface area contributed by atoms with E-state index in [-0.39, 0.29) is 6.61 Å². The summed E-state index contributed by atoms with van der Waals surface area (Å²) in [5.41, 5.74) is 0. The summed E-state index contributed by atoms with van der Waals surface area (Å²) >= 11 is 3.21. The first-order valence-electron chi connectivity index (χ1n) is 2.61. The van der Waals surface area contributed by atoms with E-state index in [2.05, 4.69) is 22.5 Å². The number of allylic oxidation sites excluding steroid dienone is 1. The third-order valence-corrected chi connectivity index (χ3v) is 1.21. The van der Waals surface area contributed by atoms with Crippen molar-refractivity contribution in [1.82, 2.24) is 0 Å². The molecule has 0 spiro atoms. The van der Waals surface area contributed by atoms with E-state index in [9.17, 15) is 0 Å². The minimum absolute atomic E-state index is 0.241. The predicted octanol–water partition coefficient (Wildman–Crippen LogP) is 1.91. The highest BCUT2D eigenvalue weighted by atomic mass is 79.9. The van der Waals surface area contributed by atoms with Crippen LogP contribution in [0.3, 0.4) is 0 Å². The van der Waals surface area contributed by atoms with Gasteiger partial charge in [0, 0.05) is 6.61 Å². The first kappa shape index (κ1) is 8.18. The van der Waals surface area contributed by atoms with E-state index in [0.717, 1.165) is 10.9 Å². The molecular formula is C6H11BrO. The van der Waals surface area contributed by atoms with Crippen LogP contribution in [0.4, 0.5) is 0 Å². The number of halogens is 1. The third kappa shape index (κ3) is 4.34. The topological polar surface area (TPSA) is 20.2 Å². The molecule has 1 nitrogen and oxygen atoms in total. The minimum atomic E-state index is 0.241. The zero-order valence-corrected chi connectivity index (χ0v) is 6.61. The van der Waals surface area contributed by atoms with Crippen LogP contribution in [-0.4, -0.2) is 11.7 Å². The molecule has 1 N–H and O–H groups in total. The van der Waals surface area contributed by atoms with E-state index < -0.39 is 0 Å². The summed E-state index contributed by atoms with van der Waals surface area (Å²) in [4.78, 5) is 0. The van der Waals surface area contributed by atoms with Gasteiger partial charge < -0.3 is 5.11 Å². The van der Waals surface area contributed by atoms with E-state index in [4.69, 9.17) is 5.11 Å². The van der Waals surface area contributed by atoms with Gasteiger partial charge in [0.25, 0.3) is 0 Å². The van der Waals surface area contributed by atoms with Gasteiger partial charge in [0.05, 0.1) is 0 Å². The Hall–Kier alpha value is 0.180. The second-order valence-corrected chi connectivity index (χ2v) is 3.13. The molecule has 0 unspecified atom stereocenters. The number of rotatable bonds is 3. The average molecular weight is 179 g/mol. The molecule has 8 heavy (non-hydrogen) atoms. The molecule has 0 bridgehead atoms. The van der Waals surface area contributed by atoms with Gasteiger partial charge in [0.1, 0.15) is 0 Å². The van der Waals surface area contributed by atoms with Crippen LogP contribution in [0.5, 0.6) is 0 Å². The van der Waals surface area contributed by atoms with Gasteiger partial charge in [0.2, 0.25) is 0 Å². The molecule has 2 heteroatoms. The molecule has 0 saturated heterocycles. The molecule has 0 aromatic rings. The molecule has 0 aliphatic heterocycles. The van der Waals surface area contributed by atoms with Crippen LogP contribution in [-0.2, 0) is 0 Å². The van der Waals surface area contributed by atoms with Crippen LogP contribution in [0.1, 0.15) is 13.3 Å². The van der Waals surface area contributed by atoms with Crippen LogP contribution in [0.25, 0.3) is 0 Å². The van der Waals surface area contributed by atoms with Gasteiger partial charge >= 0.3 is 0 Å². The lowest BCUT2D eigenvalue weighted by atomic mass is 10.1. The van der Waals surface area contributed by atoms with Gasteiger partial charge in [-0.1, -0.05) is 29.4 Å². The maximum atomic E-state index is 8.52. The van der Waals surface area contributed by atoms with Crippen molar-refractivity contribution >= 4 is 15.9 Å². The summed E-state index contributed by atoms with van der Waals surface area (Å²) in [6.07, 6.45) is 0.858. The molecule has 48 valence electrons. The fraction of sp³-hybridized carbons (Fsp3) is 0.667. The number of aliphatic hydroxyl groups excluding tert-OH is 1. The Morgan fingerprint density at radius 3 is 2.50 bits per heavy atom. The average Bonchev–Trinajstić information content (AvgIpc) is 1.65. The van der Waals surface area contributed by atoms with Gasteiger partial charge in [-0.2, -0.15) is 0 Å². The van der Waals surface area contributed by atoms with Crippen molar-refractivity contribution < 1.29 is 5.11 Å². The number of hydrogen-bond donors (Lipinski definition) is 1. The van der Waals surface area contributed by atoms with Crippen molar-refractivity contribution in [2.75, 3.05) is 6.61 Å². The lowest BCUT2D eigenvalue weighted by molar-refractivity contribution is 0.238. The van der Waals surface area contributed by atoms with Gasteiger partial charge in [-0.15, -0.1) is 0 Å². The Bertz CT molecular complexity index is 80.6. The molecule has 0 fully saturated rings. The molecule has 0 radical (unpaired) electrons. The predicted molar refractivity (Wildman–Crippen MR) is 38.9 cm³/mol. The van der Waals surface area contributed by atoms with E-state index in [1.165, 1.54) is 0 Å². The zero-order chi connectivity index (χ0) is 6.57. The van der Waals surface area contributed by atoms with Crippen molar-refractivity contribution in [3.05, 3.63) is 11.1 Å². The maximum Gasteiger partial charge on any atom is 0.0459 e.